The molecular weight excluding hydrogens is 260 g/mol. The number of rotatable bonds is 2. The molecule has 1 N–H and O–H groups in total. The number of aromatic nitrogens is 2. The lowest BCUT2D eigenvalue weighted by molar-refractivity contribution is 0.475. The van der Waals surface area contributed by atoms with Crippen molar-refractivity contribution in [1.82, 2.24) is 9.97 Å². The number of aromatic hydroxyl groups is 1. The van der Waals surface area contributed by atoms with Crippen molar-refractivity contribution in [3.8, 4) is 17.1 Å². The van der Waals surface area contributed by atoms with E-state index in [1.165, 1.54) is 25.7 Å². The number of phenols is 1. The van der Waals surface area contributed by atoms with Crippen LogP contribution in [0.25, 0.3) is 11.4 Å². The molecule has 19 heavy (non-hydrogen) atoms. The lowest BCUT2D eigenvalue weighted by atomic mass is 10.0. The number of phenolic OH excluding ortho intramolecular Hbond substituents is 1. The average molecular weight is 275 g/mol. The van der Waals surface area contributed by atoms with Crippen LogP contribution in [0.4, 0.5) is 0 Å². The fraction of sp³-hybridized carbons (Fsp3) is 0.333. The molecule has 0 saturated heterocycles. The molecule has 1 aliphatic carbocycles. The van der Waals surface area contributed by atoms with E-state index in [1.54, 1.807) is 18.2 Å². The molecule has 1 aromatic heterocycles. The molecule has 3 nitrogen and oxygen atoms in total. The predicted molar refractivity (Wildman–Crippen MR) is 75.4 cm³/mol. The topological polar surface area (TPSA) is 46.0 Å². The molecule has 0 spiro atoms. The van der Waals surface area contributed by atoms with E-state index in [2.05, 4.69) is 9.97 Å². The van der Waals surface area contributed by atoms with Crippen LogP contribution in [-0.4, -0.2) is 15.1 Å². The van der Waals surface area contributed by atoms with Crippen molar-refractivity contribution in [3.05, 3.63) is 41.2 Å². The summed E-state index contributed by atoms with van der Waals surface area (Å²) in [6, 6.07) is 8.81. The second kappa shape index (κ2) is 5.17. The monoisotopic (exact) mass is 274 g/mol. The molecule has 0 unspecified atom stereocenters. The summed E-state index contributed by atoms with van der Waals surface area (Å²) >= 11 is 6.10. The van der Waals surface area contributed by atoms with E-state index in [1.807, 2.05) is 12.1 Å². The van der Waals surface area contributed by atoms with E-state index >= 15 is 0 Å². The Morgan fingerprint density at radius 1 is 1.11 bits per heavy atom. The summed E-state index contributed by atoms with van der Waals surface area (Å²) in [6.45, 7) is 0. The minimum atomic E-state index is 0.212. The van der Waals surface area contributed by atoms with Gasteiger partial charge >= 0.3 is 0 Å². The third-order valence-electron chi connectivity index (χ3n) is 3.59. The molecule has 0 atom stereocenters. The van der Waals surface area contributed by atoms with Gasteiger partial charge in [-0.2, -0.15) is 0 Å². The number of benzene rings is 1. The van der Waals surface area contributed by atoms with Crippen LogP contribution in [0.15, 0.2) is 30.3 Å². The van der Waals surface area contributed by atoms with E-state index in [0.717, 1.165) is 11.3 Å². The van der Waals surface area contributed by atoms with Crippen molar-refractivity contribution in [2.45, 2.75) is 31.6 Å². The Balaban J connectivity index is 2.01. The van der Waals surface area contributed by atoms with Gasteiger partial charge in [0, 0.05) is 17.2 Å². The van der Waals surface area contributed by atoms with Crippen molar-refractivity contribution >= 4 is 11.6 Å². The van der Waals surface area contributed by atoms with Gasteiger partial charge in [-0.15, -0.1) is 0 Å². The highest BCUT2D eigenvalue weighted by atomic mass is 35.5. The Hall–Kier alpha value is -1.61. The zero-order chi connectivity index (χ0) is 13.2. The number of hydrogen-bond donors (Lipinski definition) is 1. The molecule has 98 valence electrons. The van der Waals surface area contributed by atoms with E-state index in [0.29, 0.717) is 16.9 Å². The highest BCUT2D eigenvalue weighted by Crippen LogP contribution is 2.34. The van der Waals surface area contributed by atoms with Gasteiger partial charge in [0.05, 0.1) is 0 Å². The molecule has 0 radical (unpaired) electrons. The van der Waals surface area contributed by atoms with Gasteiger partial charge in [0.15, 0.2) is 5.82 Å². The molecular formula is C15H15ClN2O. The normalized spacial score (nSPS) is 15.8. The zero-order valence-corrected chi connectivity index (χ0v) is 11.3. The van der Waals surface area contributed by atoms with Gasteiger partial charge < -0.3 is 5.11 Å². The summed E-state index contributed by atoms with van der Waals surface area (Å²) in [5, 5.41) is 10.0. The molecule has 0 bridgehead atoms. The molecule has 1 heterocycles. The predicted octanol–water partition coefficient (Wildman–Crippen LogP) is 4.16. The Kier molecular flexibility index (Phi) is 3.38. The smallest absolute Gasteiger partial charge is 0.161 e. The third-order valence-corrected chi connectivity index (χ3v) is 3.79. The lowest BCUT2D eigenvalue weighted by Gasteiger charge is -2.10. The van der Waals surface area contributed by atoms with E-state index in [-0.39, 0.29) is 5.75 Å². The summed E-state index contributed by atoms with van der Waals surface area (Å²) in [5.74, 6) is 1.30. The standard InChI is InChI=1S/C15H15ClN2O/c16-14-9-13(10-4-1-2-5-10)17-15(18-14)11-6-3-7-12(19)8-11/h3,6-10,19H,1-2,4-5H2. The SMILES string of the molecule is Oc1cccc(-c2nc(Cl)cc(C3CCCC3)n2)c1. The van der Waals surface area contributed by atoms with Crippen LogP contribution < -0.4 is 0 Å². The van der Waals surface area contributed by atoms with Crippen LogP contribution >= 0.6 is 11.6 Å². The van der Waals surface area contributed by atoms with E-state index < -0.39 is 0 Å². The first kappa shape index (κ1) is 12.4. The van der Waals surface area contributed by atoms with Gasteiger partial charge in [0.1, 0.15) is 10.9 Å². The second-order valence-corrected chi connectivity index (χ2v) is 5.36. The van der Waals surface area contributed by atoms with Crippen LogP contribution in [0.1, 0.15) is 37.3 Å². The molecule has 1 aromatic carbocycles. The number of halogens is 1. The van der Waals surface area contributed by atoms with Gasteiger partial charge in [-0.05, 0) is 31.0 Å². The summed E-state index contributed by atoms with van der Waals surface area (Å²) in [5.41, 5.74) is 1.82. The van der Waals surface area contributed by atoms with Gasteiger partial charge in [0.25, 0.3) is 0 Å². The summed E-state index contributed by atoms with van der Waals surface area (Å²) < 4.78 is 0. The Bertz CT molecular complexity index is 594. The lowest BCUT2D eigenvalue weighted by Crippen LogP contribution is -2.00. The Morgan fingerprint density at radius 3 is 2.63 bits per heavy atom. The molecule has 1 fully saturated rings. The first-order chi connectivity index (χ1) is 9.22. The van der Waals surface area contributed by atoms with Gasteiger partial charge in [-0.25, -0.2) is 9.97 Å². The van der Waals surface area contributed by atoms with E-state index in [9.17, 15) is 5.11 Å². The fourth-order valence-corrected chi connectivity index (χ4v) is 2.83. The van der Waals surface area contributed by atoms with Crippen molar-refractivity contribution in [1.29, 1.82) is 0 Å². The zero-order valence-electron chi connectivity index (χ0n) is 10.5. The molecule has 4 heteroatoms. The molecule has 1 aliphatic rings. The van der Waals surface area contributed by atoms with Crippen molar-refractivity contribution in [3.63, 3.8) is 0 Å². The molecule has 1 saturated carbocycles. The minimum absolute atomic E-state index is 0.212. The first-order valence-electron chi connectivity index (χ1n) is 6.56. The molecule has 3 rings (SSSR count). The largest absolute Gasteiger partial charge is 0.508 e. The van der Waals surface area contributed by atoms with Crippen LogP contribution in [0.3, 0.4) is 0 Å². The van der Waals surface area contributed by atoms with Crippen molar-refractivity contribution < 1.29 is 5.11 Å². The highest BCUT2D eigenvalue weighted by Gasteiger charge is 2.20. The Morgan fingerprint density at radius 2 is 1.89 bits per heavy atom. The number of nitrogens with zero attached hydrogens (tertiary/aromatic N) is 2. The third kappa shape index (κ3) is 2.71. The van der Waals surface area contributed by atoms with Gasteiger partial charge in [-0.3, -0.25) is 0 Å². The first-order valence-corrected chi connectivity index (χ1v) is 6.94. The van der Waals surface area contributed by atoms with Crippen LogP contribution in [-0.2, 0) is 0 Å². The van der Waals surface area contributed by atoms with Crippen LogP contribution in [0.2, 0.25) is 5.15 Å². The Labute approximate surface area is 117 Å². The van der Waals surface area contributed by atoms with E-state index in [4.69, 9.17) is 11.6 Å². The van der Waals surface area contributed by atoms with Crippen molar-refractivity contribution in [2.75, 3.05) is 0 Å². The molecule has 0 aliphatic heterocycles. The van der Waals surface area contributed by atoms with Gasteiger partial charge in [0.2, 0.25) is 0 Å². The maximum atomic E-state index is 9.54. The summed E-state index contributed by atoms with van der Waals surface area (Å²) in [6.07, 6.45) is 4.86. The second-order valence-electron chi connectivity index (χ2n) is 4.97. The highest BCUT2D eigenvalue weighted by molar-refractivity contribution is 6.29. The fourth-order valence-electron chi connectivity index (χ4n) is 2.64. The van der Waals surface area contributed by atoms with Crippen LogP contribution in [0, 0.1) is 0 Å². The molecule has 0 amide bonds. The minimum Gasteiger partial charge on any atom is -0.508 e. The summed E-state index contributed by atoms with van der Waals surface area (Å²) in [7, 11) is 0. The summed E-state index contributed by atoms with van der Waals surface area (Å²) in [4.78, 5) is 8.88. The number of hydrogen-bond acceptors (Lipinski definition) is 3. The maximum Gasteiger partial charge on any atom is 0.161 e. The van der Waals surface area contributed by atoms with Crippen molar-refractivity contribution in [2.24, 2.45) is 0 Å². The maximum absolute atomic E-state index is 9.54. The molecule has 2 aromatic rings. The average Bonchev–Trinajstić information content (AvgIpc) is 2.92. The quantitative estimate of drug-likeness (QED) is 0.837. The van der Waals surface area contributed by atoms with Gasteiger partial charge in [-0.1, -0.05) is 36.6 Å². The van der Waals surface area contributed by atoms with Crippen LogP contribution in [0.5, 0.6) is 5.75 Å².